The van der Waals surface area contributed by atoms with Gasteiger partial charge in [0.25, 0.3) is 5.91 Å². The standard InChI is InChI=1S/C13H14BrNO2/c1-8-13(16)15(11-3-4-11)7-9-6-10(14)2-5-12(9)17-8/h2,5-6,8,11H,3-4,7H2,1H3/t8-/m0/s1. The minimum absolute atomic E-state index is 0.111. The van der Waals surface area contributed by atoms with Crippen molar-refractivity contribution < 1.29 is 9.53 Å². The van der Waals surface area contributed by atoms with E-state index in [4.69, 9.17) is 4.74 Å². The quantitative estimate of drug-likeness (QED) is 0.797. The van der Waals surface area contributed by atoms with Crippen molar-refractivity contribution in [1.82, 2.24) is 4.90 Å². The highest BCUT2D eigenvalue weighted by molar-refractivity contribution is 9.10. The third kappa shape index (κ3) is 2.06. The predicted molar refractivity (Wildman–Crippen MR) is 67.8 cm³/mol. The van der Waals surface area contributed by atoms with Crippen LogP contribution in [0.2, 0.25) is 0 Å². The third-order valence-corrected chi connectivity index (χ3v) is 3.78. The van der Waals surface area contributed by atoms with Crippen LogP contribution in [-0.4, -0.2) is 23.0 Å². The lowest BCUT2D eigenvalue weighted by Crippen LogP contribution is -2.39. The van der Waals surface area contributed by atoms with Gasteiger partial charge in [-0.25, -0.2) is 0 Å². The van der Waals surface area contributed by atoms with E-state index in [1.54, 1.807) is 0 Å². The number of nitrogens with zero attached hydrogens (tertiary/aromatic N) is 1. The van der Waals surface area contributed by atoms with Crippen molar-refractivity contribution in [3.8, 4) is 5.75 Å². The van der Waals surface area contributed by atoms with E-state index in [1.165, 1.54) is 0 Å². The summed E-state index contributed by atoms with van der Waals surface area (Å²) < 4.78 is 6.75. The Kier molecular flexibility index (Phi) is 2.62. The number of amides is 1. The molecule has 1 saturated carbocycles. The molecule has 1 aromatic rings. The molecule has 1 amide bonds. The van der Waals surface area contributed by atoms with Crippen LogP contribution in [0.5, 0.6) is 5.75 Å². The minimum atomic E-state index is -0.377. The molecule has 0 saturated heterocycles. The van der Waals surface area contributed by atoms with Gasteiger partial charge in [-0.3, -0.25) is 4.79 Å². The lowest BCUT2D eigenvalue weighted by Gasteiger charge is -2.21. The summed E-state index contributed by atoms with van der Waals surface area (Å²) in [5.41, 5.74) is 1.09. The van der Waals surface area contributed by atoms with Gasteiger partial charge in [0.2, 0.25) is 0 Å². The van der Waals surface area contributed by atoms with Crippen LogP contribution < -0.4 is 4.74 Å². The van der Waals surface area contributed by atoms with E-state index < -0.39 is 0 Å². The Balaban J connectivity index is 1.99. The first-order chi connectivity index (χ1) is 8.15. The monoisotopic (exact) mass is 295 g/mol. The molecule has 1 heterocycles. The maximum atomic E-state index is 12.2. The van der Waals surface area contributed by atoms with Crippen LogP contribution in [0.15, 0.2) is 22.7 Å². The lowest BCUT2D eigenvalue weighted by molar-refractivity contribution is -0.138. The number of carbonyl (C=O) groups excluding carboxylic acids is 1. The van der Waals surface area contributed by atoms with Crippen molar-refractivity contribution >= 4 is 21.8 Å². The van der Waals surface area contributed by atoms with Crippen molar-refractivity contribution in [3.05, 3.63) is 28.2 Å². The summed E-state index contributed by atoms with van der Waals surface area (Å²) in [4.78, 5) is 14.1. The number of carbonyl (C=O) groups is 1. The number of halogens is 1. The second-order valence-electron chi connectivity index (χ2n) is 4.71. The first-order valence-corrected chi connectivity index (χ1v) is 6.70. The zero-order valence-electron chi connectivity index (χ0n) is 9.65. The van der Waals surface area contributed by atoms with E-state index in [2.05, 4.69) is 15.9 Å². The van der Waals surface area contributed by atoms with Crippen LogP contribution in [0.3, 0.4) is 0 Å². The molecular formula is C13H14BrNO2. The van der Waals surface area contributed by atoms with E-state index in [9.17, 15) is 4.79 Å². The third-order valence-electron chi connectivity index (χ3n) is 3.29. The van der Waals surface area contributed by atoms with Crippen LogP contribution in [0.4, 0.5) is 0 Å². The molecular weight excluding hydrogens is 282 g/mol. The normalized spacial score (nSPS) is 24.0. The number of rotatable bonds is 1. The Labute approximate surface area is 109 Å². The van der Waals surface area contributed by atoms with E-state index in [-0.39, 0.29) is 12.0 Å². The fourth-order valence-corrected chi connectivity index (χ4v) is 2.63. The summed E-state index contributed by atoms with van der Waals surface area (Å²) >= 11 is 3.46. The van der Waals surface area contributed by atoms with Crippen molar-refractivity contribution in [2.75, 3.05) is 0 Å². The van der Waals surface area contributed by atoms with Crippen LogP contribution in [0, 0.1) is 0 Å². The molecule has 90 valence electrons. The highest BCUT2D eigenvalue weighted by atomic mass is 79.9. The first kappa shape index (κ1) is 11.1. The fraction of sp³-hybridized carbons (Fsp3) is 0.462. The Morgan fingerprint density at radius 2 is 2.18 bits per heavy atom. The average molecular weight is 296 g/mol. The Hall–Kier alpha value is -1.03. The predicted octanol–water partition coefficient (Wildman–Crippen LogP) is 2.72. The van der Waals surface area contributed by atoms with Crippen LogP contribution in [0.25, 0.3) is 0 Å². The van der Waals surface area contributed by atoms with Crippen molar-refractivity contribution in [2.24, 2.45) is 0 Å². The Morgan fingerprint density at radius 3 is 2.88 bits per heavy atom. The van der Waals surface area contributed by atoms with E-state index in [0.717, 1.165) is 28.6 Å². The SMILES string of the molecule is C[C@@H]1Oc2ccc(Br)cc2CN(C2CC2)C1=O. The lowest BCUT2D eigenvalue weighted by atomic mass is 10.2. The van der Waals surface area contributed by atoms with Gasteiger partial charge in [-0.2, -0.15) is 0 Å². The molecule has 0 bridgehead atoms. The fourth-order valence-electron chi connectivity index (χ4n) is 2.22. The molecule has 4 heteroatoms. The van der Waals surface area contributed by atoms with Crippen LogP contribution in [-0.2, 0) is 11.3 Å². The largest absolute Gasteiger partial charge is 0.481 e. The van der Waals surface area contributed by atoms with Gasteiger partial charge in [0.1, 0.15) is 5.75 Å². The van der Waals surface area contributed by atoms with Gasteiger partial charge in [0, 0.05) is 22.6 Å². The molecule has 1 fully saturated rings. The Bertz CT molecular complexity index is 470. The zero-order valence-corrected chi connectivity index (χ0v) is 11.2. The Morgan fingerprint density at radius 1 is 1.41 bits per heavy atom. The number of fused-ring (bicyclic) bond motifs is 1. The van der Waals surface area contributed by atoms with Gasteiger partial charge in [-0.05, 0) is 38.0 Å². The summed E-state index contributed by atoms with van der Waals surface area (Å²) in [5.74, 6) is 0.942. The van der Waals surface area contributed by atoms with E-state index in [1.807, 2.05) is 30.0 Å². The van der Waals surface area contributed by atoms with Crippen molar-refractivity contribution in [3.63, 3.8) is 0 Å². The molecule has 3 rings (SSSR count). The van der Waals surface area contributed by atoms with E-state index >= 15 is 0 Å². The van der Waals surface area contributed by atoms with Gasteiger partial charge < -0.3 is 9.64 Å². The van der Waals surface area contributed by atoms with Gasteiger partial charge in [-0.15, -0.1) is 0 Å². The molecule has 0 spiro atoms. The minimum Gasteiger partial charge on any atom is -0.481 e. The smallest absolute Gasteiger partial charge is 0.263 e. The average Bonchev–Trinajstić information content (AvgIpc) is 3.11. The maximum absolute atomic E-state index is 12.2. The molecule has 1 aliphatic carbocycles. The van der Waals surface area contributed by atoms with Crippen molar-refractivity contribution in [1.29, 1.82) is 0 Å². The first-order valence-electron chi connectivity index (χ1n) is 5.91. The van der Waals surface area contributed by atoms with Crippen LogP contribution in [0.1, 0.15) is 25.3 Å². The van der Waals surface area contributed by atoms with Crippen LogP contribution >= 0.6 is 15.9 Å². The molecule has 0 aromatic heterocycles. The molecule has 0 unspecified atom stereocenters. The van der Waals surface area contributed by atoms with E-state index in [0.29, 0.717) is 12.6 Å². The molecule has 2 aliphatic rings. The second kappa shape index (κ2) is 4.02. The van der Waals surface area contributed by atoms with Gasteiger partial charge >= 0.3 is 0 Å². The molecule has 1 aliphatic heterocycles. The summed E-state index contributed by atoms with van der Waals surface area (Å²) in [6.45, 7) is 2.50. The summed E-state index contributed by atoms with van der Waals surface area (Å²) in [6, 6.07) is 6.34. The zero-order chi connectivity index (χ0) is 12.0. The molecule has 1 aromatic carbocycles. The number of benzene rings is 1. The highest BCUT2D eigenvalue weighted by Crippen LogP contribution is 2.34. The summed E-state index contributed by atoms with van der Waals surface area (Å²) in [6.07, 6.45) is 1.88. The molecule has 0 N–H and O–H groups in total. The molecule has 17 heavy (non-hydrogen) atoms. The number of hydrogen-bond donors (Lipinski definition) is 0. The highest BCUT2D eigenvalue weighted by Gasteiger charge is 2.37. The van der Waals surface area contributed by atoms with Gasteiger partial charge in [0.05, 0.1) is 0 Å². The van der Waals surface area contributed by atoms with Crippen molar-refractivity contribution in [2.45, 2.75) is 38.5 Å². The molecule has 3 nitrogen and oxygen atoms in total. The topological polar surface area (TPSA) is 29.5 Å². The molecule has 1 atom stereocenters. The number of hydrogen-bond acceptors (Lipinski definition) is 2. The van der Waals surface area contributed by atoms with Gasteiger partial charge in [0.15, 0.2) is 6.10 Å². The van der Waals surface area contributed by atoms with Gasteiger partial charge in [-0.1, -0.05) is 15.9 Å². The summed E-state index contributed by atoms with van der Waals surface area (Å²) in [7, 11) is 0. The summed E-state index contributed by atoms with van der Waals surface area (Å²) in [5, 5.41) is 0. The second-order valence-corrected chi connectivity index (χ2v) is 5.63. The maximum Gasteiger partial charge on any atom is 0.263 e. The number of ether oxygens (including phenoxy) is 1. The molecule has 0 radical (unpaired) electrons.